The Hall–Kier alpha value is -0.0700. The maximum atomic E-state index is 10.9. The van der Waals surface area contributed by atoms with Crippen molar-refractivity contribution in [3.8, 4) is 0 Å². The summed E-state index contributed by atoms with van der Waals surface area (Å²) in [5, 5.41) is 0. The molecule has 0 atom stereocenters. The Morgan fingerprint density at radius 1 is 1.06 bits per heavy atom. The maximum absolute atomic E-state index is 10.9. The summed E-state index contributed by atoms with van der Waals surface area (Å²) < 4.78 is 34.7. The number of hydrogen-bond donors (Lipinski definition) is 1. The van der Waals surface area contributed by atoms with Crippen molar-refractivity contribution in [3.63, 3.8) is 0 Å². The summed E-state index contributed by atoms with van der Waals surface area (Å²) in [4.78, 5) is 0. The van der Waals surface area contributed by atoms with Gasteiger partial charge in [-0.05, 0) is 23.0 Å². The second-order valence-electron chi connectivity index (χ2n) is 4.68. The van der Waals surface area contributed by atoms with E-state index >= 15 is 0 Å². The fourth-order valence-corrected chi connectivity index (χ4v) is 2.28. The summed E-state index contributed by atoms with van der Waals surface area (Å²) in [6.07, 6.45) is 0. The van der Waals surface area contributed by atoms with Gasteiger partial charge in [0.25, 0.3) is 0 Å². The number of para-hydroxylation sites is 1. The molecule has 0 bridgehead atoms. The molecule has 96 valence electrons. The average molecular weight is 279 g/mol. The molecule has 0 radical (unpaired) electrons. The predicted octanol–water partition coefficient (Wildman–Crippen LogP) is -0.190. The molecule has 0 fully saturated rings. The molecule has 1 N–H and O–H groups in total. The molecule has 4 nitrogen and oxygen atoms in total. The standard InChI is InChI=1S/C12H19NO3S.Na/c1-8(2)10-6-5-7-11(9(3)4)12(10)13-17(14,15)16;/h5-9,13H,1-4H3,(H,14,15,16);/q;+1/p-1. The third kappa shape index (κ3) is 4.90. The van der Waals surface area contributed by atoms with Gasteiger partial charge in [0.2, 0.25) is 0 Å². The van der Waals surface area contributed by atoms with E-state index in [2.05, 4.69) is 4.72 Å². The quantitative estimate of drug-likeness (QED) is 0.613. The second kappa shape index (κ2) is 6.91. The molecule has 1 rings (SSSR count). The first-order valence-corrected chi connectivity index (χ1v) is 6.99. The van der Waals surface area contributed by atoms with Gasteiger partial charge in [-0.3, -0.25) is 4.72 Å². The van der Waals surface area contributed by atoms with Crippen molar-refractivity contribution in [2.75, 3.05) is 4.72 Å². The number of hydrogen-bond acceptors (Lipinski definition) is 3. The molecule has 0 unspecified atom stereocenters. The summed E-state index contributed by atoms with van der Waals surface area (Å²) in [6.45, 7) is 7.84. The van der Waals surface area contributed by atoms with Crippen molar-refractivity contribution in [1.29, 1.82) is 0 Å². The van der Waals surface area contributed by atoms with E-state index in [0.29, 0.717) is 5.69 Å². The van der Waals surface area contributed by atoms with Crippen molar-refractivity contribution in [3.05, 3.63) is 29.3 Å². The Morgan fingerprint density at radius 2 is 1.44 bits per heavy atom. The zero-order valence-electron chi connectivity index (χ0n) is 11.5. The molecule has 6 heteroatoms. The first kappa shape index (κ1) is 17.9. The molecule has 0 aliphatic rings. The third-order valence-electron chi connectivity index (χ3n) is 2.60. The molecule has 1 aromatic rings. The van der Waals surface area contributed by atoms with Gasteiger partial charge < -0.3 is 4.55 Å². The third-order valence-corrected chi connectivity index (χ3v) is 3.05. The van der Waals surface area contributed by atoms with Crippen LogP contribution in [0.3, 0.4) is 0 Å². The molecule has 0 aliphatic heterocycles. The van der Waals surface area contributed by atoms with Crippen LogP contribution >= 0.6 is 0 Å². The molecule has 0 amide bonds. The van der Waals surface area contributed by atoms with Crippen molar-refractivity contribution in [1.82, 2.24) is 0 Å². The van der Waals surface area contributed by atoms with Crippen molar-refractivity contribution in [2.24, 2.45) is 0 Å². The molecule has 0 heterocycles. The van der Waals surface area contributed by atoms with Crippen LogP contribution < -0.4 is 34.3 Å². The van der Waals surface area contributed by atoms with E-state index in [4.69, 9.17) is 0 Å². The van der Waals surface area contributed by atoms with Gasteiger partial charge in [-0.25, -0.2) is 8.42 Å². The SMILES string of the molecule is CC(C)c1cccc(C(C)C)c1NS(=O)(=O)[O-].[Na+]. The summed E-state index contributed by atoms with van der Waals surface area (Å²) in [6, 6.07) is 5.56. The first-order chi connectivity index (χ1) is 7.72. The van der Waals surface area contributed by atoms with Crippen LogP contribution in [-0.4, -0.2) is 13.0 Å². The Kier molecular flexibility index (Phi) is 6.89. The fourth-order valence-electron chi connectivity index (χ4n) is 1.79. The largest absolute Gasteiger partial charge is 1.00 e. The van der Waals surface area contributed by atoms with Gasteiger partial charge >= 0.3 is 29.6 Å². The van der Waals surface area contributed by atoms with Crippen molar-refractivity contribution in [2.45, 2.75) is 39.5 Å². The summed E-state index contributed by atoms with van der Waals surface area (Å²) in [5.41, 5.74) is 2.12. The zero-order chi connectivity index (χ0) is 13.2. The molecule has 0 aromatic heterocycles. The van der Waals surface area contributed by atoms with Crippen LogP contribution in [0.2, 0.25) is 0 Å². The van der Waals surface area contributed by atoms with Gasteiger partial charge in [0, 0.05) is 0 Å². The molecular weight excluding hydrogens is 261 g/mol. The van der Waals surface area contributed by atoms with E-state index in [1.165, 1.54) is 0 Å². The van der Waals surface area contributed by atoms with Crippen LogP contribution in [0.4, 0.5) is 5.69 Å². The average Bonchev–Trinajstić information content (AvgIpc) is 2.14. The predicted molar refractivity (Wildman–Crippen MR) is 67.9 cm³/mol. The van der Waals surface area contributed by atoms with Gasteiger partial charge in [0.15, 0.2) is 10.3 Å². The first-order valence-electron chi connectivity index (χ1n) is 5.58. The minimum Gasteiger partial charge on any atom is -0.731 e. The van der Waals surface area contributed by atoms with Crippen molar-refractivity contribution < 1.29 is 42.5 Å². The molecule has 1 aromatic carbocycles. The van der Waals surface area contributed by atoms with Crippen LogP contribution in [0.25, 0.3) is 0 Å². The van der Waals surface area contributed by atoms with Crippen LogP contribution in [0.15, 0.2) is 18.2 Å². The smallest absolute Gasteiger partial charge is 0.731 e. The van der Waals surface area contributed by atoms with E-state index in [1.54, 1.807) is 0 Å². The molecule has 0 saturated heterocycles. The normalized spacial score (nSPS) is 11.5. The zero-order valence-corrected chi connectivity index (χ0v) is 14.3. The van der Waals surface area contributed by atoms with E-state index in [1.807, 2.05) is 45.9 Å². The Bertz CT molecular complexity index is 472. The van der Waals surface area contributed by atoms with Crippen LogP contribution in [0, 0.1) is 0 Å². The van der Waals surface area contributed by atoms with E-state index in [0.717, 1.165) is 11.1 Å². The van der Waals surface area contributed by atoms with Crippen molar-refractivity contribution >= 4 is 16.0 Å². The van der Waals surface area contributed by atoms with E-state index in [9.17, 15) is 13.0 Å². The van der Waals surface area contributed by atoms with Gasteiger partial charge in [-0.15, -0.1) is 0 Å². The Labute approximate surface area is 131 Å². The monoisotopic (exact) mass is 279 g/mol. The molecule has 18 heavy (non-hydrogen) atoms. The fraction of sp³-hybridized carbons (Fsp3) is 0.500. The van der Waals surface area contributed by atoms with E-state index in [-0.39, 0.29) is 41.4 Å². The maximum Gasteiger partial charge on any atom is 1.00 e. The minimum absolute atomic E-state index is 0. The molecular formula is C12H18NNaO3S. The van der Waals surface area contributed by atoms with Crippen LogP contribution in [-0.2, 0) is 10.3 Å². The van der Waals surface area contributed by atoms with Gasteiger partial charge in [0.1, 0.15) is 0 Å². The second-order valence-corrected chi connectivity index (χ2v) is 5.79. The summed E-state index contributed by atoms with van der Waals surface area (Å²) in [5.74, 6) is 0.302. The topological polar surface area (TPSA) is 69.2 Å². The van der Waals surface area contributed by atoms with E-state index < -0.39 is 10.3 Å². The molecule has 0 aliphatic carbocycles. The number of rotatable bonds is 4. The number of nitrogens with one attached hydrogen (secondary N) is 1. The van der Waals surface area contributed by atoms with Gasteiger partial charge in [0.05, 0.1) is 5.69 Å². The Balaban J connectivity index is 0.00000289. The summed E-state index contributed by atoms with van der Waals surface area (Å²) in [7, 11) is -4.49. The van der Waals surface area contributed by atoms with Gasteiger partial charge in [-0.1, -0.05) is 45.9 Å². The molecule has 0 saturated carbocycles. The van der Waals surface area contributed by atoms with Gasteiger partial charge in [-0.2, -0.15) is 0 Å². The minimum atomic E-state index is -4.49. The summed E-state index contributed by atoms with van der Waals surface area (Å²) >= 11 is 0. The molecule has 0 spiro atoms. The Morgan fingerprint density at radius 3 is 1.72 bits per heavy atom. The number of anilines is 1. The van der Waals surface area contributed by atoms with Crippen LogP contribution in [0.5, 0.6) is 0 Å². The van der Waals surface area contributed by atoms with Crippen LogP contribution in [0.1, 0.15) is 50.7 Å². The number of benzene rings is 1.